The van der Waals surface area contributed by atoms with Gasteiger partial charge in [-0.15, -0.1) is 11.3 Å². The van der Waals surface area contributed by atoms with E-state index in [0.29, 0.717) is 18.1 Å². The summed E-state index contributed by atoms with van der Waals surface area (Å²) in [5, 5.41) is 7.05. The molecule has 2 rings (SSSR count). The molecule has 0 bridgehead atoms. The van der Waals surface area contributed by atoms with E-state index in [-0.39, 0.29) is 5.41 Å². The fraction of sp³-hybridized carbons (Fsp3) is 0.750. The zero-order valence-electron chi connectivity index (χ0n) is 16.7. The van der Waals surface area contributed by atoms with Crippen LogP contribution in [0.15, 0.2) is 17.1 Å². The third kappa shape index (κ3) is 6.30. The molecule has 1 aliphatic heterocycles. The quantitative estimate of drug-likeness (QED) is 0.612. The van der Waals surface area contributed by atoms with Crippen LogP contribution in [0.5, 0.6) is 0 Å². The average molecular weight is 366 g/mol. The molecule has 0 saturated carbocycles. The highest BCUT2D eigenvalue weighted by molar-refractivity contribution is 7.11. The maximum atomic E-state index is 6.08. The number of aryl methyl sites for hydroxylation is 1. The molecule has 1 aliphatic rings. The van der Waals surface area contributed by atoms with Crippen molar-refractivity contribution in [1.82, 2.24) is 10.6 Å². The van der Waals surface area contributed by atoms with E-state index in [2.05, 4.69) is 62.4 Å². The molecular weight excluding hydrogens is 330 g/mol. The first-order valence-electron chi connectivity index (χ1n) is 9.43. The SMILES string of the molecule is CN=C(NCC1CCCOC1C(C)(C)C)NC(C)Cc1ccc(C)s1. The molecule has 0 aliphatic carbocycles. The number of guanidine groups is 1. The molecule has 25 heavy (non-hydrogen) atoms. The third-order valence-electron chi connectivity index (χ3n) is 4.74. The highest BCUT2D eigenvalue weighted by Gasteiger charge is 2.35. The van der Waals surface area contributed by atoms with Gasteiger partial charge in [-0.1, -0.05) is 20.8 Å². The summed E-state index contributed by atoms with van der Waals surface area (Å²) in [6, 6.07) is 4.77. The molecular formula is C20H35N3OS. The van der Waals surface area contributed by atoms with Crippen molar-refractivity contribution in [3.8, 4) is 0 Å². The number of hydrogen-bond acceptors (Lipinski definition) is 3. The Bertz CT molecular complexity index is 562. The van der Waals surface area contributed by atoms with Crippen LogP contribution in [0.25, 0.3) is 0 Å². The van der Waals surface area contributed by atoms with Crippen molar-refractivity contribution in [2.45, 2.75) is 66.0 Å². The molecule has 1 saturated heterocycles. The molecule has 142 valence electrons. The van der Waals surface area contributed by atoms with Crippen molar-refractivity contribution < 1.29 is 4.74 Å². The van der Waals surface area contributed by atoms with E-state index in [1.165, 1.54) is 16.2 Å². The highest BCUT2D eigenvalue weighted by Crippen LogP contribution is 2.33. The predicted octanol–water partition coefficient (Wildman–Crippen LogP) is 3.99. The number of thiophene rings is 1. The van der Waals surface area contributed by atoms with Crippen LogP contribution in [0.4, 0.5) is 0 Å². The Kier molecular flexibility index (Phi) is 7.32. The maximum Gasteiger partial charge on any atom is 0.191 e. The Balaban J connectivity index is 1.84. The van der Waals surface area contributed by atoms with Crippen molar-refractivity contribution in [3.05, 3.63) is 21.9 Å². The smallest absolute Gasteiger partial charge is 0.191 e. The molecule has 5 heteroatoms. The van der Waals surface area contributed by atoms with Gasteiger partial charge < -0.3 is 15.4 Å². The lowest BCUT2D eigenvalue weighted by molar-refractivity contribution is -0.0835. The summed E-state index contributed by atoms with van der Waals surface area (Å²) in [5.74, 6) is 1.42. The molecule has 1 aromatic rings. The lowest BCUT2D eigenvalue weighted by atomic mass is 9.78. The normalized spacial score (nSPS) is 23.4. The average Bonchev–Trinajstić information content (AvgIpc) is 2.95. The van der Waals surface area contributed by atoms with Crippen LogP contribution in [0.3, 0.4) is 0 Å². The van der Waals surface area contributed by atoms with Gasteiger partial charge in [0.15, 0.2) is 5.96 Å². The van der Waals surface area contributed by atoms with E-state index in [1.807, 2.05) is 18.4 Å². The molecule has 0 aromatic carbocycles. The van der Waals surface area contributed by atoms with Crippen LogP contribution in [0.1, 0.15) is 50.3 Å². The number of nitrogens with zero attached hydrogens (tertiary/aromatic N) is 1. The number of nitrogens with one attached hydrogen (secondary N) is 2. The number of hydrogen-bond donors (Lipinski definition) is 2. The standard InChI is InChI=1S/C20H35N3OS/c1-14(12-17-10-9-15(2)25-17)23-19(21-6)22-13-16-8-7-11-24-18(16)20(3,4)5/h9-10,14,16,18H,7-8,11-13H2,1-6H3,(H2,21,22,23). The zero-order valence-corrected chi connectivity index (χ0v) is 17.5. The predicted molar refractivity (Wildman–Crippen MR) is 109 cm³/mol. The second-order valence-corrected chi connectivity index (χ2v) is 9.65. The summed E-state index contributed by atoms with van der Waals surface area (Å²) in [4.78, 5) is 7.19. The van der Waals surface area contributed by atoms with Crippen molar-refractivity contribution >= 4 is 17.3 Å². The Morgan fingerprint density at radius 2 is 2.16 bits per heavy atom. The lowest BCUT2D eigenvalue weighted by Gasteiger charge is -2.40. The molecule has 0 amide bonds. The lowest BCUT2D eigenvalue weighted by Crippen LogP contribution is -2.49. The second kappa shape index (κ2) is 9.04. The summed E-state index contributed by atoms with van der Waals surface area (Å²) < 4.78 is 6.08. The fourth-order valence-corrected chi connectivity index (χ4v) is 4.63. The minimum atomic E-state index is 0.175. The third-order valence-corrected chi connectivity index (χ3v) is 5.76. The fourth-order valence-electron chi connectivity index (χ4n) is 3.61. The van der Waals surface area contributed by atoms with E-state index in [4.69, 9.17) is 4.74 Å². The summed E-state index contributed by atoms with van der Waals surface area (Å²) >= 11 is 1.87. The van der Waals surface area contributed by atoms with Crippen LogP contribution < -0.4 is 10.6 Å². The van der Waals surface area contributed by atoms with Gasteiger partial charge in [0.25, 0.3) is 0 Å². The van der Waals surface area contributed by atoms with Crippen molar-refractivity contribution in [2.75, 3.05) is 20.2 Å². The Hall–Kier alpha value is -1.07. The van der Waals surface area contributed by atoms with Gasteiger partial charge in [-0.05, 0) is 44.2 Å². The number of aliphatic imine (C=N–C) groups is 1. The van der Waals surface area contributed by atoms with Gasteiger partial charge in [-0.25, -0.2) is 0 Å². The van der Waals surface area contributed by atoms with Gasteiger partial charge in [-0.3, -0.25) is 4.99 Å². The van der Waals surface area contributed by atoms with Crippen LogP contribution in [0.2, 0.25) is 0 Å². The first-order valence-corrected chi connectivity index (χ1v) is 10.3. The minimum Gasteiger partial charge on any atom is -0.377 e. The van der Waals surface area contributed by atoms with Gasteiger partial charge in [-0.2, -0.15) is 0 Å². The second-order valence-electron chi connectivity index (χ2n) is 8.27. The van der Waals surface area contributed by atoms with Crippen molar-refractivity contribution in [3.63, 3.8) is 0 Å². The first-order chi connectivity index (χ1) is 11.8. The van der Waals surface area contributed by atoms with Gasteiger partial charge in [0.1, 0.15) is 0 Å². The van der Waals surface area contributed by atoms with Crippen molar-refractivity contribution in [1.29, 1.82) is 0 Å². The largest absolute Gasteiger partial charge is 0.377 e. The van der Waals surface area contributed by atoms with Gasteiger partial charge >= 0.3 is 0 Å². The Morgan fingerprint density at radius 3 is 2.76 bits per heavy atom. The van der Waals surface area contributed by atoms with E-state index in [1.54, 1.807) is 0 Å². The van der Waals surface area contributed by atoms with E-state index in [0.717, 1.165) is 32.0 Å². The molecule has 3 unspecified atom stereocenters. The number of ether oxygens (including phenoxy) is 1. The van der Waals surface area contributed by atoms with E-state index in [9.17, 15) is 0 Å². The van der Waals surface area contributed by atoms with Crippen molar-refractivity contribution in [2.24, 2.45) is 16.3 Å². The van der Waals surface area contributed by atoms with Crippen LogP contribution >= 0.6 is 11.3 Å². The monoisotopic (exact) mass is 365 g/mol. The topological polar surface area (TPSA) is 45.7 Å². The van der Waals surface area contributed by atoms with E-state index < -0.39 is 0 Å². The Morgan fingerprint density at radius 1 is 1.40 bits per heavy atom. The molecule has 0 spiro atoms. The van der Waals surface area contributed by atoms with Crippen LogP contribution in [0, 0.1) is 18.3 Å². The first kappa shape index (κ1) is 20.2. The zero-order chi connectivity index (χ0) is 18.4. The molecule has 2 heterocycles. The molecule has 1 fully saturated rings. The summed E-state index contributed by atoms with van der Waals surface area (Å²) in [6.07, 6.45) is 3.70. The van der Waals surface area contributed by atoms with Crippen LogP contribution in [-0.2, 0) is 11.2 Å². The Labute approximate surface area is 157 Å². The summed E-state index contributed by atoms with van der Waals surface area (Å²) in [5.41, 5.74) is 0.175. The number of rotatable bonds is 5. The highest BCUT2D eigenvalue weighted by atomic mass is 32.1. The molecule has 0 radical (unpaired) electrons. The van der Waals surface area contributed by atoms with Gasteiger partial charge in [0.2, 0.25) is 0 Å². The van der Waals surface area contributed by atoms with E-state index >= 15 is 0 Å². The maximum absolute atomic E-state index is 6.08. The van der Waals surface area contributed by atoms with Gasteiger partial charge in [0.05, 0.1) is 6.10 Å². The summed E-state index contributed by atoms with van der Waals surface area (Å²) in [6.45, 7) is 13.0. The van der Waals surface area contributed by atoms with Crippen LogP contribution in [-0.4, -0.2) is 38.3 Å². The molecule has 4 nitrogen and oxygen atoms in total. The van der Waals surface area contributed by atoms with Gasteiger partial charge in [0, 0.05) is 48.3 Å². The minimum absolute atomic E-state index is 0.175. The summed E-state index contributed by atoms with van der Waals surface area (Å²) in [7, 11) is 1.84. The molecule has 2 N–H and O–H groups in total. The molecule has 1 aromatic heterocycles. The molecule has 3 atom stereocenters.